The number of amides is 4. The summed E-state index contributed by atoms with van der Waals surface area (Å²) in [5, 5.41) is 16.9. The van der Waals surface area contributed by atoms with E-state index in [9.17, 15) is 36.0 Å². The van der Waals surface area contributed by atoms with E-state index in [1.165, 1.54) is 0 Å². The number of aromatic amines is 2. The number of carbonyl (C=O) groups excluding carboxylic acids is 4. The topological polar surface area (TPSA) is 348 Å². The van der Waals surface area contributed by atoms with Crippen molar-refractivity contribution in [1.82, 2.24) is 46.0 Å². The Bertz CT molecular complexity index is 3860. The number of nitrogens with two attached hydrogens (primary N) is 2. The molecule has 94 heavy (non-hydrogen) atoms. The van der Waals surface area contributed by atoms with Gasteiger partial charge in [0.1, 0.15) is 34.8 Å². The molecule has 0 unspecified atom stereocenters. The molecular weight excluding hydrogens is 1370 g/mol. The number of nitrogens with one attached hydrogen (secondary N) is 9. The molecule has 2 aromatic heterocycles. The lowest BCUT2D eigenvalue weighted by molar-refractivity contribution is -0.128. The van der Waals surface area contributed by atoms with E-state index in [0.717, 1.165) is 88.5 Å². The Labute approximate surface area is 568 Å². The van der Waals surface area contributed by atoms with E-state index in [1.807, 2.05) is 77.9 Å². The fourth-order valence-electron chi connectivity index (χ4n) is 12.3. The maximum absolute atomic E-state index is 13.9. The second-order valence-corrected chi connectivity index (χ2v) is 30.8. The summed E-state index contributed by atoms with van der Waals surface area (Å²) in [6.45, 7) is 20.8. The van der Waals surface area contributed by atoms with Gasteiger partial charge in [-0.2, -0.15) is 0 Å². The van der Waals surface area contributed by atoms with E-state index in [-0.39, 0.29) is 102 Å². The van der Waals surface area contributed by atoms with Crippen molar-refractivity contribution in [1.29, 1.82) is 0 Å². The Kier molecular flexibility index (Phi) is 24.0. The summed E-state index contributed by atoms with van der Waals surface area (Å²) in [4.78, 5) is 70.1. The summed E-state index contributed by atoms with van der Waals surface area (Å²) < 4.78 is 74.7. The first-order chi connectivity index (χ1) is 44.3. The van der Waals surface area contributed by atoms with Gasteiger partial charge in [-0.25, -0.2) is 26.3 Å². The van der Waals surface area contributed by atoms with Gasteiger partial charge < -0.3 is 57.5 Å². The van der Waals surface area contributed by atoms with Crippen molar-refractivity contribution < 1.29 is 45.5 Å². The quantitative estimate of drug-likeness (QED) is 0.0120. The number of ether oxygens (including phenoxy) is 2. The second kappa shape index (κ2) is 31.1. The monoisotopic (exact) mass is 1460 g/mol. The van der Waals surface area contributed by atoms with Crippen molar-refractivity contribution in [3.05, 3.63) is 113 Å². The van der Waals surface area contributed by atoms with Gasteiger partial charge in [0.05, 0.1) is 22.6 Å². The van der Waals surface area contributed by atoms with E-state index in [1.54, 1.807) is 40.1 Å². The normalized spacial score (nSPS) is 15.3. The van der Waals surface area contributed by atoms with Crippen molar-refractivity contribution in [2.45, 2.75) is 186 Å². The van der Waals surface area contributed by atoms with Crippen molar-refractivity contribution in [3.8, 4) is 11.5 Å². The molecule has 6 aromatic rings. The molecule has 0 radical (unpaired) electrons. The first-order valence-corrected chi connectivity index (χ1v) is 36.5. The summed E-state index contributed by atoms with van der Waals surface area (Å²) in [7, 11) is -8.28. The van der Waals surface area contributed by atoms with Crippen LogP contribution in [-0.4, -0.2) is 125 Å². The molecule has 510 valence electrons. The predicted molar refractivity (Wildman–Crippen MR) is 375 cm³/mol. The molecular formula is C67H91Br2N13O10S2. The predicted octanol–water partition coefficient (Wildman–Crippen LogP) is 8.13. The van der Waals surface area contributed by atoms with Crippen LogP contribution in [0.1, 0.15) is 141 Å². The van der Waals surface area contributed by atoms with Crippen LogP contribution in [0.2, 0.25) is 0 Å². The minimum Gasteiger partial charge on any atom is -0.487 e. The highest BCUT2D eigenvalue weighted by molar-refractivity contribution is 9.10. The maximum Gasteiger partial charge on any atom is 0.264 e. The lowest BCUT2D eigenvalue weighted by atomic mass is 9.88. The van der Waals surface area contributed by atoms with Gasteiger partial charge in [0.15, 0.2) is 0 Å². The minimum atomic E-state index is -4.14. The number of hydrogen-bond donors (Lipinski definition) is 11. The molecule has 13 N–H and O–H groups in total. The number of guanidine groups is 2. The zero-order valence-corrected chi connectivity index (χ0v) is 60.2. The van der Waals surface area contributed by atoms with Crippen molar-refractivity contribution >= 4 is 109 Å². The van der Waals surface area contributed by atoms with Crippen LogP contribution in [0.4, 0.5) is 0 Å². The fourth-order valence-corrected chi connectivity index (χ4v) is 16.1. The Hall–Kier alpha value is -7.20. The van der Waals surface area contributed by atoms with Gasteiger partial charge in [-0.15, -0.1) is 0 Å². The first-order valence-electron chi connectivity index (χ1n) is 32.0. The molecule has 0 saturated heterocycles. The maximum atomic E-state index is 13.9. The van der Waals surface area contributed by atoms with Gasteiger partial charge in [0.25, 0.3) is 20.0 Å². The third kappa shape index (κ3) is 18.4. The molecule has 0 fully saturated rings. The highest BCUT2D eigenvalue weighted by Crippen LogP contribution is 2.44. The average Bonchev–Trinajstić information content (AvgIpc) is 0.997. The largest absolute Gasteiger partial charge is 0.487 e. The number of H-pyrrole nitrogens is 2. The molecule has 4 amide bonds. The number of rotatable bonds is 29. The summed E-state index contributed by atoms with van der Waals surface area (Å²) >= 11 is 7.01. The molecule has 0 aliphatic carbocycles. The number of fused-ring (bicyclic) bond motifs is 4. The van der Waals surface area contributed by atoms with Crippen molar-refractivity contribution in [2.75, 3.05) is 39.3 Å². The van der Waals surface area contributed by atoms with Gasteiger partial charge in [-0.1, -0.05) is 31.9 Å². The van der Waals surface area contributed by atoms with E-state index in [4.69, 9.17) is 20.9 Å². The van der Waals surface area contributed by atoms with Crippen LogP contribution in [-0.2, 0) is 64.9 Å². The zero-order valence-electron chi connectivity index (χ0n) is 55.4. The average molecular weight is 1460 g/mol. The lowest BCUT2D eigenvalue weighted by Crippen LogP contribution is -2.47. The Morgan fingerprint density at radius 3 is 1.38 bits per heavy atom. The van der Waals surface area contributed by atoms with Gasteiger partial charge in [-0.3, -0.25) is 29.2 Å². The van der Waals surface area contributed by atoms with E-state index >= 15 is 0 Å². The number of sulfonamides is 2. The summed E-state index contributed by atoms with van der Waals surface area (Å²) in [5.41, 5.74) is 20.5. The molecule has 8 rings (SSSR count). The van der Waals surface area contributed by atoms with Crippen LogP contribution in [0, 0.1) is 41.5 Å². The number of carbonyl (C=O) groups is 4. The molecule has 0 saturated carbocycles. The number of benzene rings is 4. The zero-order chi connectivity index (χ0) is 68.5. The molecule has 2 aliphatic rings. The second-order valence-electron chi connectivity index (χ2n) is 25.8. The standard InChI is InChI=1S/C67H91Br2N13O10S2/c1-38-40(3)60(42(5)48-22-24-66(7,8)91-58(38)48)93(87,88)81-64(70)75-29-13-16-54(79-56(83)32-44-36-77-52-20-18-46(68)34-50(44)52)62(85)73-28-12-11-26-72-27-15-31-74-63(86)55(80-57(84)33-45-37-78-53-21-19-47(69)35-51(45)53)17-14-30-76-65(71)82-94(89,90)61-41(4)39(2)59-49(43(61)6)23-25-67(9,10)92-59/h18-21,34-37,54-55,72,77-78H,11-17,22-33H2,1-10H3,(H,73,85)(H,74,86)(H,79,83)(H,80,84)(H3,70,75,81)(H3,71,76,82)/t54-,55-/m1/s1. The van der Waals surface area contributed by atoms with Gasteiger partial charge >= 0.3 is 0 Å². The van der Waals surface area contributed by atoms with Crippen LogP contribution in [0.25, 0.3) is 21.8 Å². The van der Waals surface area contributed by atoms with Crippen LogP contribution >= 0.6 is 31.9 Å². The van der Waals surface area contributed by atoms with Crippen molar-refractivity contribution in [2.24, 2.45) is 21.5 Å². The molecule has 0 spiro atoms. The first kappa shape index (κ1) is 72.6. The lowest BCUT2D eigenvalue weighted by Gasteiger charge is -2.35. The van der Waals surface area contributed by atoms with E-state index in [2.05, 4.69) is 87.8 Å². The highest BCUT2D eigenvalue weighted by Gasteiger charge is 2.36. The Morgan fingerprint density at radius 1 is 0.564 bits per heavy atom. The number of aliphatic imine (C=N–C) groups is 2. The third-order valence-electron chi connectivity index (χ3n) is 17.6. The minimum absolute atomic E-state index is 0.0159. The number of nitrogens with zero attached hydrogens (tertiary/aromatic N) is 2. The van der Waals surface area contributed by atoms with Gasteiger partial charge in [-0.05, 0) is 245 Å². The van der Waals surface area contributed by atoms with E-state index < -0.39 is 32.1 Å². The number of halogens is 2. The Morgan fingerprint density at radius 2 is 0.957 bits per heavy atom. The molecule has 2 atom stereocenters. The molecule has 23 nitrogen and oxygen atoms in total. The molecule has 2 aliphatic heterocycles. The number of aromatic nitrogens is 2. The van der Waals surface area contributed by atoms with Crippen LogP contribution < -0.4 is 57.0 Å². The molecule has 4 heterocycles. The highest BCUT2D eigenvalue weighted by atomic mass is 79.9. The summed E-state index contributed by atoms with van der Waals surface area (Å²) in [5.74, 6) is -0.624. The SMILES string of the molecule is Cc1c(C)c(S(=O)(=O)NC(N)=NCCC[C@@H](NC(=O)Cc2c[nH]c3ccc(Br)cc23)C(=O)NCCCCNCCCNC(=O)[C@@H](CCCN=C(N)NS(=O)(=O)c2c(C)c(C)c3c(c2C)CCC(C)(C)O3)NC(=O)Cc2c[nH]c3ccc(Br)cc23)c(C)c2c1OC(C)(C)CC2. The summed E-state index contributed by atoms with van der Waals surface area (Å²) in [6, 6.07) is 9.62. The van der Waals surface area contributed by atoms with Gasteiger partial charge in [0.2, 0.25) is 35.5 Å². The Balaban J connectivity index is 0.804. The molecule has 0 bridgehead atoms. The van der Waals surface area contributed by atoms with Crippen LogP contribution in [0.15, 0.2) is 77.5 Å². The van der Waals surface area contributed by atoms with Crippen LogP contribution in [0.5, 0.6) is 11.5 Å². The fraction of sp³-hybridized carbons (Fsp3) is 0.493. The number of unbranched alkanes of at least 4 members (excludes halogenated alkanes) is 1. The van der Waals surface area contributed by atoms with Crippen LogP contribution in [0.3, 0.4) is 0 Å². The van der Waals surface area contributed by atoms with Gasteiger partial charge in [0, 0.05) is 69.3 Å². The van der Waals surface area contributed by atoms with E-state index in [0.29, 0.717) is 87.0 Å². The molecule has 4 aromatic carbocycles. The number of hydrogen-bond acceptors (Lipinski definition) is 13. The molecule has 27 heteroatoms. The third-order valence-corrected chi connectivity index (χ3v) is 21.8. The summed E-state index contributed by atoms with van der Waals surface area (Å²) in [6.07, 6.45) is 9.24. The smallest absolute Gasteiger partial charge is 0.264 e. The van der Waals surface area contributed by atoms with Crippen molar-refractivity contribution in [3.63, 3.8) is 0 Å².